The third kappa shape index (κ3) is 4.26. The van der Waals surface area contributed by atoms with Gasteiger partial charge < -0.3 is 15.5 Å². The maximum Gasteiger partial charge on any atom is 0.220 e. The standard InChI is InChI=1S/C15H18N2O2/c16-14(12-5-2-1-3-6-12)8-9-15(18)17-11-13-7-4-10-19-13/h1-7,10,14H,8-9,11,16H2,(H,17,18). The summed E-state index contributed by atoms with van der Waals surface area (Å²) in [6.07, 6.45) is 2.64. The number of hydrogen-bond donors (Lipinski definition) is 2. The van der Waals surface area contributed by atoms with Crippen molar-refractivity contribution in [2.45, 2.75) is 25.4 Å². The topological polar surface area (TPSA) is 68.3 Å². The van der Waals surface area contributed by atoms with Crippen LogP contribution in [0.4, 0.5) is 0 Å². The maximum atomic E-state index is 11.7. The Bertz CT molecular complexity index is 494. The summed E-state index contributed by atoms with van der Waals surface area (Å²) in [4.78, 5) is 11.7. The van der Waals surface area contributed by atoms with Crippen LogP contribution in [0.1, 0.15) is 30.2 Å². The van der Waals surface area contributed by atoms with Crippen LogP contribution in [0, 0.1) is 0 Å². The van der Waals surface area contributed by atoms with E-state index in [1.165, 1.54) is 0 Å². The third-order valence-electron chi connectivity index (χ3n) is 2.95. The van der Waals surface area contributed by atoms with E-state index < -0.39 is 0 Å². The van der Waals surface area contributed by atoms with Crippen LogP contribution in [0.3, 0.4) is 0 Å². The van der Waals surface area contributed by atoms with E-state index in [1.54, 1.807) is 12.3 Å². The lowest BCUT2D eigenvalue weighted by Gasteiger charge is -2.11. The van der Waals surface area contributed by atoms with Crippen LogP contribution in [0.25, 0.3) is 0 Å². The molecule has 1 atom stereocenters. The Kier molecular flexibility index (Phi) is 4.75. The Labute approximate surface area is 112 Å². The van der Waals surface area contributed by atoms with E-state index in [9.17, 15) is 4.79 Å². The fraction of sp³-hybridized carbons (Fsp3) is 0.267. The van der Waals surface area contributed by atoms with Gasteiger partial charge in [0.1, 0.15) is 5.76 Å². The molecule has 1 aromatic heterocycles. The highest BCUT2D eigenvalue weighted by atomic mass is 16.3. The summed E-state index contributed by atoms with van der Waals surface area (Å²) >= 11 is 0. The molecule has 0 saturated carbocycles. The zero-order chi connectivity index (χ0) is 13.5. The van der Waals surface area contributed by atoms with Gasteiger partial charge in [0.05, 0.1) is 12.8 Å². The van der Waals surface area contributed by atoms with Crippen LogP contribution >= 0.6 is 0 Å². The molecular formula is C15H18N2O2. The fourth-order valence-corrected chi connectivity index (χ4v) is 1.84. The molecule has 0 radical (unpaired) electrons. The van der Waals surface area contributed by atoms with E-state index in [2.05, 4.69) is 5.32 Å². The Morgan fingerprint density at radius 1 is 1.21 bits per heavy atom. The van der Waals surface area contributed by atoms with Crippen molar-refractivity contribution in [1.29, 1.82) is 0 Å². The number of amides is 1. The van der Waals surface area contributed by atoms with Crippen molar-refractivity contribution in [3.63, 3.8) is 0 Å². The third-order valence-corrected chi connectivity index (χ3v) is 2.95. The molecule has 4 heteroatoms. The van der Waals surface area contributed by atoms with E-state index >= 15 is 0 Å². The summed E-state index contributed by atoms with van der Waals surface area (Å²) in [6, 6.07) is 13.3. The van der Waals surface area contributed by atoms with E-state index in [0.29, 0.717) is 19.4 Å². The van der Waals surface area contributed by atoms with Gasteiger partial charge in [-0.1, -0.05) is 30.3 Å². The highest BCUT2D eigenvalue weighted by molar-refractivity contribution is 5.75. The van der Waals surface area contributed by atoms with Gasteiger partial charge in [-0.3, -0.25) is 4.79 Å². The Morgan fingerprint density at radius 3 is 2.68 bits per heavy atom. The number of benzene rings is 1. The second-order valence-electron chi connectivity index (χ2n) is 4.41. The first-order chi connectivity index (χ1) is 9.25. The summed E-state index contributed by atoms with van der Waals surface area (Å²) in [7, 11) is 0. The summed E-state index contributed by atoms with van der Waals surface area (Å²) < 4.78 is 5.14. The molecule has 0 aliphatic carbocycles. The first kappa shape index (κ1) is 13.4. The molecule has 19 heavy (non-hydrogen) atoms. The zero-order valence-electron chi connectivity index (χ0n) is 10.7. The van der Waals surface area contributed by atoms with E-state index in [-0.39, 0.29) is 11.9 Å². The molecular weight excluding hydrogens is 240 g/mol. The first-order valence-corrected chi connectivity index (χ1v) is 6.35. The van der Waals surface area contributed by atoms with Crippen molar-refractivity contribution < 1.29 is 9.21 Å². The van der Waals surface area contributed by atoms with Crippen molar-refractivity contribution in [2.75, 3.05) is 0 Å². The number of nitrogens with one attached hydrogen (secondary N) is 1. The van der Waals surface area contributed by atoms with Crippen LogP contribution in [-0.4, -0.2) is 5.91 Å². The van der Waals surface area contributed by atoms with Gasteiger partial charge in [0, 0.05) is 12.5 Å². The van der Waals surface area contributed by atoms with Crippen molar-refractivity contribution in [2.24, 2.45) is 5.73 Å². The predicted molar refractivity (Wildman–Crippen MR) is 73.2 cm³/mol. The van der Waals surface area contributed by atoms with Gasteiger partial charge in [0.2, 0.25) is 5.91 Å². The number of furan rings is 1. The van der Waals surface area contributed by atoms with Crippen LogP contribution in [0.2, 0.25) is 0 Å². The number of hydrogen-bond acceptors (Lipinski definition) is 3. The van der Waals surface area contributed by atoms with Crippen LogP contribution in [0.5, 0.6) is 0 Å². The monoisotopic (exact) mass is 258 g/mol. The van der Waals surface area contributed by atoms with Crippen molar-refractivity contribution in [3.8, 4) is 0 Å². The second-order valence-corrected chi connectivity index (χ2v) is 4.41. The average molecular weight is 258 g/mol. The molecule has 3 N–H and O–H groups in total. The largest absolute Gasteiger partial charge is 0.467 e. The fourth-order valence-electron chi connectivity index (χ4n) is 1.84. The minimum atomic E-state index is -0.101. The molecule has 2 rings (SSSR count). The molecule has 0 fully saturated rings. The van der Waals surface area contributed by atoms with Gasteiger partial charge in [-0.05, 0) is 24.1 Å². The summed E-state index contributed by atoms with van der Waals surface area (Å²) in [5.41, 5.74) is 7.09. The molecule has 0 bridgehead atoms. The normalized spacial score (nSPS) is 12.1. The Morgan fingerprint density at radius 2 is 2.00 bits per heavy atom. The lowest BCUT2D eigenvalue weighted by molar-refractivity contribution is -0.121. The maximum absolute atomic E-state index is 11.7. The lowest BCUT2D eigenvalue weighted by Crippen LogP contribution is -2.23. The SMILES string of the molecule is NC(CCC(=O)NCc1ccco1)c1ccccc1. The molecule has 1 amide bonds. The molecule has 0 saturated heterocycles. The van der Waals surface area contributed by atoms with Crippen LogP contribution in [-0.2, 0) is 11.3 Å². The minimum absolute atomic E-state index is 0.0113. The molecule has 0 aliphatic rings. The smallest absolute Gasteiger partial charge is 0.220 e. The molecule has 4 nitrogen and oxygen atoms in total. The number of carbonyl (C=O) groups is 1. The van der Waals surface area contributed by atoms with Gasteiger partial charge >= 0.3 is 0 Å². The molecule has 100 valence electrons. The average Bonchev–Trinajstić information content (AvgIpc) is 2.96. The molecule has 0 aliphatic heterocycles. The second kappa shape index (κ2) is 6.75. The molecule has 0 spiro atoms. The first-order valence-electron chi connectivity index (χ1n) is 6.35. The molecule has 1 unspecified atom stereocenters. The number of rotatable bonds is 6. The highest BCUT2D eigenvalue weighted by Crippen LogP contribution is 2.14. The lowest BCUT2D eigenvalue weighted by atomic mass is 10.0. The Hall–Kier alpha value is -2.07. The van der Waals surface area contributed by atoms with Gasteiger partial charge in [0.15, 0.2) is 0 Å². The number of carbonyl (C=O) groups excluding carboxylic acids is 1. The zero-order valence-corrected chi connectivity index (χ0v) is 10.7. The van der Waals surface area contributed by atoms with Gasteiger partial charge in [-0.2, -0.15) is 0 Å². The van der Waals surface area contributed by atoms with E-state index in [4.69, 9.17) is 10.2 Å². The quantitative estimate of drug-likeness (QED) is 0.835. The summed E-state index contributed by atoms with van der Waals surface area (Å²) in [5, 5.41) is 2.80. The van der Waals surface area contributed by atoms with Gasteiger partial charge in [0.25, 0.3) is 0 Å². The van der Waals surface area contributed by atoms with Crippen LogP contribution < -0.4 is 11.1 Å². The van der Waals surface area contributed by atoms with Gasteiger partial charge in [-0.15, -0.1) is 0 Å². The predicted octanol–water partition coefficient (Wildman–Crippen LogP) is 2.38. The van der Waals surface area contributed by atoms with E-state index in [0.717, 1.165) is 11.3 Å². The molecule has 2 aromatic rings. The van der Waals surface area contributed by atoms with Gasteiger partial charge in [-0.25, -0.2) is 0 Å². The molecule has 1 heterocycles. The molecule has 1 aromatic carbocycles. The summed E-state index contributed by atoms with van der Waals surface area (Å²) in [5.74, 6) is 0.739. The Balaban J connectivity index is 1.71. The van der Waals surface area contributed by atoms with Crippen molar-refractivity contribution >= 4 is 5.91 Å². The summed E-state index contributed by atoms with van der Waals surface area (Å²) in [6.45, 7) is 0.423. The van der Waals surface area contributed by atoms with E-state index in [1.807, 2.05) is 36.4 Å². The van der Waals surface area contributed by atoms with Crippen LogP contribution in [0.15, 0.2) is 53.1 Å². The minimum Gasteiger partial charge on any atom is -0.467 e. The van der Waals surface area contributed by atoms with Crippen molar-refractivity contribution in [3.05, 3.63) is 60.1 Å². The highest BCUT2D eigenvalue weighted by Gasteiger charge is 2.09. The van der Waals surface area contributed by atoms with Crippen molar-refractivity contribution in [1.82, 2.24) is 5.32 Å². The number of nitrogens with two attached hydrogens (primary N) is 1.